The Hall–Kier alpha value is -3.15. The van der Waals surface area contributed by atoms with Gasteiger partial charge in [0.2, 0.25) is 0 Å². The molecule has 1 saturated carbocycles. The maximum atomic E-state index is 14.1. The van der Waals surface area contributed by atoms with E-state index in [1.165, 1.54) is 12.1 Å². The SMILES string of the molecule is CCC1(C(=O)Oc2cc(F)cc(OCc3ccc(-n4ccnc4C)cc3)c2)CCCC1. The molecular weight excluding hydrogens is 395 g/mol. The van der Waals surface area contributed by atoms with Crippen LogP contribution < -0.4 is 9.47 Å². The van der Waals surface area contributed by atoms with Gasteiger partial charge in [-0.05, 0) is 43.9 Å². The van der Waals surface area contributed by atoms with Gasteiger partial charge in [0.25, 0.3) is 0 Å². The van der Waals surface area contributed by atoms with Crippen molar-refractivity contribution in [2.45, 2.75) is 52.6 Å². The predicted octanol–water partition coefficient (Wildman–Crippen LogP) is 5.77. The second-order valence-electron chi connectivity index (χ2n) is 8.15. The zero-order valence-electron chi connectivity index (χ0n) is 17.9. The summed E-state index contributed by atoms with van der Waals surface area (Å²) in [7, 11) is 0. The van der Waals surface area contributed by atoms with E-state index in [9.17, 15) is 9.18 Å². The Morgan fingerprint density at radius 1 is 1.13 bits per heavy atom. The van der Waals surface area contributed by atoms with Crippen molar-refractivity contribution in [1.82, 2.24) is 9.55 Å². The summed E-state index contributed by atoms with van der Waals surface area (Å²) in [6, 6.07) is 12.0. The predicted molar refractivity (Wildman–Crippen MR) is 116 cm³/mol. The average molecular weight is 423 g/mol. The summed E-state index contributed by atoms with van der Waals surface area (Å²) >= 11 is 0. The van der Waals surface area contributed by atoms with Crippen LogP contribution in [-0.2, 0) is 11.4 Å². The molecule has 3 aromatic rings. The number of hydrogen-bond donors (Lipinski definition) is 0. The Bertz CT molecular complexity index is 1050. The smallest absolute Gasteiger partial charge is 0.317 e. The van der Waals surface area contributed by atoms with Crippen molar-refractivity contribution in [2.75, 3.05) is 0 Å². The largest absolute Gasteiger partial charge is 0.489 e. The van der Waals surface area contributed by atoms with E-state index in [1.54, 1.807) is 12.3 Å². The van der Waals surface area contributed by atoms with Gasteiger partial charge in [-0.1, -0.05) is 31.9 Å². The molecule has 0 amide bonds. The van der Waals surface area contributed by atoms with Crippen LogP contribution in [-0.4, -0.2) is 15.5 Å². The van der Waals surface area contributed by atoms with Gasteiger partial charge in [-0.25, -0.2) is 9.37 Å². The topological polar surface area (TPSA) is 53.4 Å². The number of halogens is 1. The summed E-state index contributed by atoms with van der Waals surface area (Å²) in [5.74, 6) is 0.658. The summed E-state index contributed by atoms with van der Waals surface area (Å²) < 4.78 is 27.5. The van der Waals surface area contributed by atoms with Gasteiger partial charge in [-0.2, -0.15) is 0 Å². The number of benzene rings is 2. The van der Waals surface area contributed by atoms with Gasteiger partial charge in [0, 0.05) is 36.3 Å². The number of esters is 1. The molecule has 1 aliphatic carbocycles. The zero-order valence-corrected chi connectivity index (χ0v) is 17.9. The second-order valence-corrected chi connectivity index (χ2v) is 8.15. The molecule has 2 aromatic carbocycles. The van der Waals surface area contributed by atoms with E-state index in [1.807, 2.05) is 48.9 Å². The minimum absolute atomic E-state index is 0.186. The Morgan fingerprint density at radius 2 is 1.84 bits per heavy atom. The van der Waals surface area contributed by atoms with Gasteiger partial charge in [-0.3, -0.25) is 4.79 Å². The Balaban J connectivity index is 1.42. The molecule has 1 heterocycles. The van der Waals surface area contributed by atoms with E-state index in [0.717, 1.165) is 49.2 Å². The van der Waals surface area contributed by atoms with E-state index < -0.39 is 11.2 Å². The quantitative estimate of drug-likeness (QED) is 0.358. The first kappa shape index (κ1) is 21.1. The van der Waals surface area contributed by atoms with Crippen molar-refractivity contribution < 1.29 is 18.7 Å². The van der Waals surface area contributed by atoms with Gasteiger partial charge < -0.3 is 14.0 Å². The molecule has 0 spiro atoms. The van der Waals surface area contributed by atoms with Crippen molar-refractivity contribution in [2.24, 2.45) is 5.41 Å². The number of carbonyl (C=O) groups excluding carboxylic acids is 1. The van der Waals surface area contributed by atoms with Gasteiger partial charge in [0.05, 0.1) is 5.41 Å². The van der Waals surface area contributed by atoms with Crippen LogP contribution in [0.25, 0.3) is 5.69 Å². The zero-order chi connectivity index (χ0) is 21.8. The molecule has 5 nitrogen and oxygen atoms in total. The molecule has 0 N–H and O–H groups in total. The molecule has 31 heavy (non-hydrogen) atoms. The van der Waals surface area contributed by atoms with Crippen LogP contribution in [0, 0.1) is 18.2 Å². The van der Waals surface area contributed by atoms with E-state index in [2.05, 4.69) is 4.98 Å². The van der Waals surface area contributed by atoms with Crippen LogP contribution >= 0.6 is 0 Å². The normalized spacial score (nSPS) is 15.1. The van der Waals surface area contributed by atoms with E-state index in [0.29, 0.717) is 5.75 Å². The summed E-state index contributed by atoms with van der Waals surface area (Å²) in [5, 5.41) is 0. The molecule has 1 aliphatic rings. The first-order valence-corrected chi connectivity index (χ1v) is 10.7. The summed E-state index contributed by atoms with van der Waals surface area (Å²) in [4.78, 5) is 17.0. The van der Waals surface area contributed by atoms with Gasteiger partial charge in [0.1, 0.15) is 29.7 Å². The molecule has 0 atom stereocenters. The molecule has 4 rings (SSSR count). The Labute approximate surface area is 181 Å². The van der Waals surface area contributed by atoms with Gasteiger partial charge >= 0.3 is 5.97 Å². The second kappa shape index (κ2) is 8.92. The number of aryl methyl sites for hydroxylation is 1. The van der Waals surface area contributed by atoms with Crippen LogP contribution in [0.4, 0.5) is 4.39 Å². The number of rotatable bonds is 7. The molecule has 0 aliphatic heterocycles. The minimum Gasteiger partial charge on any atom is -0.489 e. The van der Waals surface area contributed by atoms with Crippen LogP contribution in [0.3, 0.4) is 0 Å². The molecule has 6 heteroatoms. The van der Waals surface area contributed by atoms with E-state index in [-0.39, 0.29) is 18.3 Å². The standard InChI is InChI=1S/C25H27FN2O3/c1-3-25(10-4-5-11-25)24(29)31-23-15-20(26)14-22(16-23)30-17-19-6-8-21(9-7-19)28-13-12-27-18(28)2/h6-9,12-16H,3-5,10-11,17H2,1-2H3. The van der Waals surface area contributed by atoms with E-state index in [4.69, 9.17) is 9.47 Å². The number of carbonyl (C=O) groups is 1. The lowest BCUT2D eigenvalue weighted by atomic mass is 9.83. The van der Waals surface area contributed by atoms with Crippen LogP contribution in [0.5, 0.6) is 11.5 Å². The van der Waals surface area contributed by atoms with Crippen molar-refractivity contribution >= 4 is 5.97 Å². The van der Waals surface area contributed by atoms with Crippen LogP contribution in [0.2, 0.25) is 0 Å². The monoisotopic (exact) mass is 422 g/mol. The average Bonchev–Trinajstić information content (AvgIpc) is 3.42. The highest BCUT2D eigenvalue weighted by atomic mass is 19.1. The molecule has 0 saturated heterocycles. The summed E-state index contributed by atoms with van der Waals surface area (Å²) in [6.45, 7) is 4.23. The fourth-order valence-electron chi connectivity index (χ4n) is 4.22. The number of nitrogens with zero attached hydrogens (tertiary/aromatic N) is 2. The van der Waals surface area contributed by atoms with Crippen LogP contribution in [0.1, 0.15) is 50.4 Å². The lowest BCUT2D eigenvalue weighted by Gasteiger charge is -2.24. The molecule has 162 valence electrons. The Kier molecular flexibility index (Phi) is 6.07. The third-order valence-corrected chi connectivity index (χ3v) is 6.17. The molecule has 0 bridgehead atoms. The third-order valence-electron chi connectivity index (χ3n) is 6.17. The molecule has 0 radical (unpaired) electrons. The molecule has 1 aromatic heterocycles. The number of hydrogen-bond acceptors (Lipinski definition) is 4. The summed E-state index contributed by atoms with van der Waals surface area (Å²) in [6.07, 6.45) is 8.12. The highest BCUT2D eigenvalue weighted by Crippen LogP contribution is 2.42. The van der Waals surface area contributed by atoms with Crippen molar-refractivity contribution in [3.8, 4) is 17.2 Å². The highest BCUT2D eigenvalue weighted by molar-refractivity contribution is 5.79. The first-order chi connectivity index (χ1) is 15.0. The summed E-state index contributed by atoms with van der Waals surface area (Å²) in [5.41, 5.74) is 1.51. The Morgan fingerprint density at radius 3 is 2.48 bits per heavy atom. The molecule has 0 unspecified atom stereocenters. The fourth-order valence-corrected chi connectivity index (χ4v) is 4.22. The maximum Gasteiger partial charge on any atom is 0.317 e. The first-order valence-electron chi connectivity index (χ1n) is 10.7. The van der Waals surface area contributed by atoms with Gasteiger partial charge in [-0.15, -0.1) is 0 Å². The number of ether oxygens (including phenoxy) is 2. The molecular formula is C25H27FN2O3. The third kappa shape index (κ3) is 4.63. The van der Waals surface area contributed by atoms with Crippen molar-refractivity contribution in [3.05, 3.63) is 72.1 Å². The van der Waals surface area contributed by atoms with E-state index >= 15 is 0 Å². The maximum absolute atomic E-state index is 14.1. The van der Waals surface area contributed by atoms with Gasteiger partial charge in [0.15, 0.2) is 0 Å². The lowest BCUT2D eigenvalue weighted by molar-refractivity contribution is -0.145. The van der Waals surface area contributed by atoms with Crippen molar-refractivity contribution in [3.63, 3.8) is 0 Å². The highest BCUT2D eigenvalue weighted by Gasteiger charge is 2.41. The van der Waals surface area contributed by atoms with Crippen molar-refractivity contribution in [1.29, 1.82) is 0 Å². The number of imidazole rings is 1. The lowest BCUT2D eigenvalue weighted by Crippen LogP contribution is -2.31. The van der Waals surface area contributed by atoms with Crippen LogP contribution in [0.15, 0.2) is 54.9 Å². The molecule has 1 fully saturated rings. The fraction of sp³-hybridized carbons (Fsp3) is 0.360. The number of aromatic nitrogens is 2. The minimum atomic E-state index is -0.497.